The average Bonchev–Trinajstić information content (AvgIpc) is 2.46. The number of aromatic nitrogens is 2. The summed E-state index contributed by atoms with van der Waals surface area (Å²) >= 11 is 0. The maximum Gasteiger partial charge on any atom is 0.451 e. The van der Waals surface area contributed by atoms with Gasteiger partial charge in [-0.2, -0.15) is 13.2 Å². The van der Waals surface area contributed by atoms with E-state index in [4.69, 9.17) is 0 Å². The largest absolute Gasteiger partial charge is 0.451 e. The monoisotopic (exact) mass is 304 g/mol. The van der Waals surface area contributed by atoms with Crippen molar-refractivity contribution in [2.45, 2.75) is 25.9 Å². The molecule has 21 heavy (non-hydrogen) atoms. The van der Waals surface area contributed by atoms with Crippen LogP contribution in [0, 0.1) is 5.92 Å². The fourth-order valence-electron chi connectivity index (χ4n) is 2.42. The Morgan fingerprint density at radius 1 is 1.43 bits per heavy atom. The Hall–Kier alpha value is -1.57. The quantitative estimate of drug-likeness (QED) is 0.892. The van der Waals surface area contributed by atoms with Gasteiger partial charge < -0.3 is 15.3 Å². The lowest BCUT2D eigenvalue weighted by molar-refractivity contribution is -0.144. The van der Waals surface area contributed by atoms with Crippen molar-refractivity contribution in [1.82, 2.24) is 9.97 Å². The van der Waals surface area contributed by atoms with Crippen molar-refractivity contribution < 1.29 is 18.3 Å². The molecular weight excluding hydrogens is 285 g/mol. The molecular formula is C13H19F3N4O. The van der Waals surface area contributed by atoms with E-state index in [9.17, 15) is 18.3 Å². The summed E-state index contributed by atoms with van der Waals surface area (Å²) in [5.74, 6) is -0.639. The van der Waals surface area contributed by atoms with Crippen molar-refractivity contribution in [2.24, 2.45) is 5.92 Å². The molecule has 0 bridgehead atoms. The summed E-state index contributed by atoms with van der Waals surface area (Å²) in [6.45, 7) is 3.45. The lowest BCUT2D eigenvalue weighted by Crippen LogP contribution is -2.37. The molecule has 1 atom stereocenters. The maximum atomic E-state index is 12.9. The zero-order valence-electron chi connectivity index (χ0n) is 11.8. The number of rotatable bonds is 4. The molecule has 0 amide bonds. The molecule has 2 N–H and O–H groups in total. The Morgan fingerprint density at radius 2 is 2.19 bits per heavy atom. The highest BCUT2D eigenvalue weighted by Crippen LogP contribution is 2.30. The summed E-state index contributed by atoms with van der Waals surface area (Å²) < 4.78 is 38.7. The zero-order chi connectivity index (χ0) is 15.5. The molecule has 0 aliphatic carbocycles. The first-order valence-corrected chi connectivity index (χ1v) is 7.00. The standard InChI is InChI=1S/C13H19F3N4O/c1-2-17-10-6-11(19-12(18-10)13(14,15)16)20-5-3-4-9(7-20)8-21/h6,9,21H,2-5,7-8H2,1H3,(H,17,18,19). The Kier molecular flexibility index (Phi) is 4.87. The minimum absolute atomic E-state index is 0.0355. The Balaban J connectivity index is 2.31. The first-order valence-electron chi connectivity index (χ1n) is 7.00. The lowest BCUT2D eigenvalue weighted by Gasteiger charge is -2.33. The fourth-order valence-corrected chi connectivity index (χ4v) is 2.42. The van der Waals surface area contributed by atoms with E-state index in [1.165, 1.54) is 6.07 Å². The van der Waals surface area contributed by atoms with Gasteiger partial charge in [-0.1, -0.05) is 0 Å². The number of halogens is 3. The van der Waals surface area contributed by atoms with E-state index >= 15 is 0 Å². The van der Waals surface area contributed by atoms with Crippen LogP contribution in [0.2, 0.25) is 0 Å². The maximum absolute atomic E-state index is 12.9. The minimum Gasteiger partial charge on any atom is -0.396 e. The van der Waals surface area contributed by atoms with Gasteiger partial charge in [0, 0.05) is 32.3 Å². The number of alkyl halides is 3. The number of aliphatic hydroxyl groups excluding tert-OH is 1. The summed E-state index contributed by atoms with van der Waals surface area (Å²) in [4.78, 5) is 8.93. The van der Waals surface area contributed by atoms with Gasteiger partial charge in [-0.15, -0.1) is 0 Å². The van der Waals surface area contributed by atoms with Crippen molar-refractivity contribution in [3.63, 3.8) is 0 Å². The van der Waals surface area contributed by atoms with Crippen molar-refractivity contribution in [2.75, 3.05) is 36.5 Å². The van der Waals surface area contributed by atoms with E-state index in [1.807, 2.05) is 0 Å². The first kappa shape index (κ1) is 15.8. The van der Waals surface area contributed by atoms with Gasteiger partial charge in [-0.05, 0) is 25.7 Å². The van der Waals surface area contributed by atoms with Crippen LogP contribution >= 0.6 is 0 Å². The molecule has 1 aromatic heterocycles. The van der Waals surface area contributed by atoms with E-state index in [-0.39, 0.29) is 24.2 Å². The van der Waals surface area contributed by atoms with Crippen molar-refractivity contribution in [3.8, 4) is 0 Å². The lowest BCUT2D eigenvalue weighted by atomic mass is 9.99. The van der Waals surface area contributed by atoms with E-state index in [0.717, 1.165) is 12.8 Å². The molecule has 1 aliphatic heterocycles. The first-order chi connectivity index (χ1) is 9.94. The van der Waals surface area contributed by atoms with Gasteiger partial charge in [0.1, 0.15) is 11.6 Å². The second-order valence-corrected chi connectivity index (χ2v) is 5.10. The molecule has 1 aromatic rings. The highest BCUT2D eigenvalue weighted by atomic mass is 19.4. The van der Waals surface area contributed by atoms with Crippen LogP contribution in [0.3, 0.4) is 0 Å². The Morgan fingerprint density at radius 3 is 2.81 bits per heavy atom. The fraction of sp³-hybridized carbons (Fsp3) is 0.692. The van der Waals surface area contributed by atoms with Crippen LogP contribution in [0.15, 0.2) is 6.07 Å². The summed E-state index contributed by atoms with van der Waals surface area (Å²) in [5.41, 5.74) is 0. The predicted octanol–water partition coefficient (Wildman–Crippen LogP) is 2.14. The molecule has 1 unspecified atom stereocenters. The van der Waals surface area contributed by atoms with Crippen LogP contribution in [0.1, 0.15) is 25.6 Å². The third kappa shape index (κ3) is 3.96. The molecule has 118 valence electrons. The zero-order valence-corrected chi connectivity index (χ0v) is 11.8. The van der Waals surface area contributed by atoms with E-state index in [2.05, 4.69) is 15.3 Å². The highest BCUT2D eigenvalue weighted by molar-refractivity contribution is 5.50. The van der Waals surface area contributed by atoms with E-state index in [1.54, 1.807) is 11.8 Å². The molecule has 0 saturated carbocycles. The molecule has 8 heteroatoms. The van der Waals surface area contributed by atoms with Crippen LogP contribution in [0.5, 0.6) is 0 Å². The van der Waals surface area contributed by atoms with Gasteiger partial charge >= 0.3 is 6.18 Å². The SMILES string of the molecule is CCNc1cc(N2CCCC(CO)C2)nc(C(F)(F)F)n1. The van der Waals surface area contributed by atoms with Crippen LogP contribution in [-0.4, -0.2) is 41.3 Å². The van der Waals surface area contributed by atoms with Gasteiger partial charge in [0.25, 0.3) is 0 Å². The van der Waals surface area contributed by atoms with E-state index in [0.29, 0.717) is 19.6 Å². The van der Waals surface area contributed by atoms with Crippen LogP contribution in [0.25, 0.3) is 0 Å². The number of anilines is 2. The van der Waals surface area contributed by atoms with Gasteiger partial charge in [0.15, 0.2) is 0 Å². The second kappa shape index (κ2) is 6.46. The molecule has 1 saturated heterocycles. The molecule has 1 fully saturated rings. The van der Waals surface area contributed by atoms with Crippen LogP contribution in [0.4, 0.5) is 24.8 Å². The van der Waals surface area contributed by atoms with Crippen molar-refractivity contribution >= 4 is 11.6 Å². The molecule has 0 aromatic carbocycles. The van der Waals surface area contributed by atoms with Gasteiger partial charge in [0.05, 0.1) is 0 Å². The normalized spacial score (nSPS) is 19.7. The number of aliphatic hydroxyl groups is 1. The summed E-state index contributed by atoms with van der Waals surface area (Å²) in [6.07, 6.45) is -2.87. The Bertz CT molecular complexity index is 481. The smallest absolute Gasteiger partial charge is 0.396 e. The summed E-state index contributed by atoms with van der Waals surface area (Å²) in [7, 11) is 0. The van der Waals surface area contributed by atoms with Crippen LogP contribution < -0.4 is 10.2 Å². The van der Waals surface area contributed by atoms with E-state index < -0.39 is 12.0 Å². The van der Waals surface area contributed by atoms with Gasteiger partial charge in [0.2, 0.25) is 5.82 Å². The third-order valence-corrected chi connectivity index (χ3v) is 3.43. The Labute approximate surface area is 121 Å². The number of hydrogen-bond acceptors (Lipinski definition) is 5. The van der Waals surface area contributed by atoms with Gasteiger partial charge in [-0.3, -0.25) is 0 Å². The van der Waals surface area contributed by atoms with Gasteiger partial charge in [-0.25, -0.2) is 9.97 Å². The third-order valence-electron chi connectivity index (χ3n) is 3.43. The highest BCUT2D eigenvalue weighted by Gasteiger charge is 2.36. The molecule has 0 radical (unpaired) electrons. The molecule has 2 heterocycles. The topological polar surface area (TPSA) is 61.3 Å². The average molecular weight is 304 g/mol. The predicted molar refractivity (Wildman–Crippen MR) is 73.2 cm³/mol. The number of hydrogen-bond donors (Lipinski definition) is 2. The van der Waals surface area contributed by atoms with Crippen molar-refractivity contribution in [1.29, 1.82) is 0 Å². The number of nitrogens with zero attached hydrogens (tertiary/aromatic N) is 3. The number of piperidine rings is 1. The van der Waals surface area contributed by atoms with Crippen molar-refractivity contribution in [3.05, 3.63) is 11.9 Å². The minimum atomic E-state index is -4.58. The molecule has 1 aliphatic rings. The number of nitrogens with one attached hydrogen (secondary N) is 1. The molecule has 0 spiro atoms. The second-order valence-electron chi connectivity index (χ2n) is 5.10. The van der Waals surface area contributed by atoms with Crippen LogP contribution in [-0.2, 0) is 6.18 Å². The summed E-state index contributed by atoms with van der Waals surface area (Å²) in [6, 6.07) is 1.53. The molecule has 5 nitrogen and oxygen atoms in total. The molecule has 2 rings (SSSR count). The summed E-state index contributed by atoms with van der Waals surface area (Å²) in [5, 5.41) is 12.0.